The highest BCUT2D eigenvalue weighted by Gasteiger charge is 2.14. The maximum atomic E-state index is 12.3. The molecule has 0 unspecified atom stereocenters. The van der Waals surface area contributed by atoms with Crippen LogP contribution in [0.5, 0.6) is 5.75 Å². The van der Waals surface area contributed by atoms with Gasteiger partial charge in [-0.1, -0.05) is 43.4 Å². The Labute approximate surface area is 167 Å². The minimum atomic E-state index is -0.280. The average molecular weight is 398 g/mol. The fourth-order valence-electron chi connectivity index (χ4n) is 2.51. The summed E-state index contributed by atoms with van der Waals surface area (Å²) in [4.78, 5) is 28.8. The number of rotatable bonds is 6. The van der Waals surface area contributed by atoms with Crippen LogP contribution in [0.25, 0.3) is 10.2 Å². The molecule has 3 aromatic rings. The summed E-state index contributed by atoms with van der Waals surface area (Å²) in [5, 5.41) is 8.87. The van der Waals surface area contributed by atoms with E-state index in [4.69, 9.17) is 4.74 Å². The van der Waals surface area contributed by atoms with E-state index in [0.29, 0.717) is 40.1 Å². The van der Waals surface area contributed by atoms with Crippen molar-refractivity contribution in [3.63, 3.8) is 0 Å². The number of thiazole rings is 1. The van der Waals surface area contributed by atoms with Gasteiger partial charge in [-0.3, -0.25) is 10.1 Å². The van der Waals surface area contributed by atoms with E-state index >= 15 is 0 Å². The first-order chi connectivity index (χ1) is 13.5. The van der Waals surface area contributed by atoms with Gasteiger partial charge in [-0.15, -0.1) is 0 Å². The molecule has 0 spiro atoms. The van der Waals surface area contributed by atoms with Crippen molar-refractivity contribution in [3.8, 4) is 5.75 Å². The van der Waals surface area contributed by atoms with Crippen LogP contribution in [-0.2, 0) is 0 Å². The van der Waals surface area contributed by atoms with Crippen LogP contribution in [0.1, 0.15) is 24.2 Å². The molecule has 0 aliphatic rings. The number of carbonyl (C=O) groups is 2. The topological polar surface area (TPSA) is 92.4 Å². The molecule has 0 saturated carbocycles. The van der Waals surface area contributed by atoms with Crippen molar-refractivity contribution in [2.75, 3.05) is 24.3 Å². The number of carbonyl (C=O) groups excluding carboxylic acids is 2. The lowest BCUT2D eigenvalue weighted by Crippen LogP contribution is -2.31. The third-order valence-corrected chi connectivity index (χ3v) is 4.78. The van der Waals surface area contributed by atoms with Gasteiger partial charge in [0.2, 0.25) is 0 Å². The lowest BCUT2D eigenvalue weighted by atomic mass is 10.2. The monoisotopic (exact) mass is 398 g/mol. The van der Waals surface area contributed by atoms with Crippen LogP contribution in [-0.4, -0.2) is 30.6 Å². The van der Waals surface area contributed by atoms with Crippen molar-refractivity contribution >= 4 is 44.3 Å². The van der Waals surface area contributed by atoms with Gasteiger partial charge in [0.25, 0.3) is 5.91 Å². The molecule has 1 heterocycles. The number of aromatic nitrogens is 1. The summed E-state index contributed by atoms with van der Waals surface area (Å²) in [6.07, 6.45) is 0. The Kier molecular flexibility index (Phi) is 6.10. The number of nitrogens with one attached hydrogen (secondary N) is 3. The molecule has 3 N–H and O–H groups in total. The van der Waals surface area contributed by atoms with Gasteiger partial charge in [-0.2, -0.15) is 0 Å². The molecule has 1 aromatic heterocycles. The van der Waals surface area contributed by atoms with Gasteiger partial charge in [0.05, 0.1) is 11.8 Å². The number of anilines is 2. The molecule has 28 heavy (non-hydrogen) atoms. The number of benzene rings is 2. The highest BCUT2D eigenvalue weighted by molar-refractivity contribution is 7.22. The number of hydrogen-bond donors (Lipinski definition) is 3. The van der Waals surface area contributed by atoms with Gasteiger partial charge < -0.3 is 15.4 Å². The lowest BCUT2D eigenvalue weighted by molar-refractivity contribution is 0.102. The van der Waals surface area contributed by atoms with Gasteiger partial charge in [-0.25, -0.2) is 9.78 Å². The van der Waals surface area contributed by atoms with Crippen molar-refractivity contribution < 1.29 is 14.3 Å². The predicted octanol–water partition coefficient (Wildman–Crippen LogP) is 4.33. The van der Waals surface area contributed by atoms with E-state index in [1.165, 1.54) is 11.3 Å². The molecule has 146 valence electrons. The van der Waals surface area contributed by atoms with Gasteiger partial charge in [0, 0.05) is 23.9 Å². The van der Waals surface area contributed by atoms with Crippen molar-refractivity contribution in [2.24, 2.45) is 5.92 Å². The zero-order valence-corrected chi connectivity index (χ0v) is 16.7. The highest BCUT2D eigenvalue weighted by atomic mass is 32.1. The standard InChI is InChI=1S/C20H22N4O3S/c1-12(2)11-21-19(26)22-14-9-15(27-3)17-16(10-14)28-20(23-17)24-18(25)13-7-5-4-6-8-13/h4-10,12H,11H2,1-3H3,(H2,21,22,26)(H,23,24,25). The molecule has 3 amide bonds. The zero-order valence-electron chi connectivity index (χ0n) is 15.9. The lowest BCUT2D eigenvalue weighted by Gasteiger charge is -2.10. The van der Waals surface area contributed by atoms with Gasteiger partial charge in [-0.05, 0) is 24.1 Å². The second kappa shape index (κ2) is 8.71. The van der Waals surface area contributed by atoms with Crippen LogP contribution in [0.4, 0.5) is 15.6 Å². The Morgan fingerprint density at radius 1 is 1.14 bits per heavy atom. The number of urea groups is 1. The average Bonchev–Trinajstić information content (AvgIpc) is 3.08. The summed E-state index contributed by atoms with van der Waals surface area (Å²) in [5.41, 5.74) is 1.78. The molecule has 0 aliphatic heterocycles. The third-order valence-electron chi connectivity index (χ3n) is 3.87. The smallest absolute Gasteiger partial charge is 0.319 e. The molecule has 0 radical (unpaired) electrons. The van der Waals surface area contributed by atoms with E-state index in [-0.39, 0.29) is 11.9 Å². The van der Waals surface area contributed by atoms with Gasteiger partial charge >= 0.3 is 6.03 Å². The molecular formula is C20H22N4O3S. The molecule has 0 saturated heterocycles. The second-order valence-electron chi connectivity index (χ2n) is 6.59. The Bertz CT molecular complexity index is 986. The molecule has 0 fully saturated rings. The molecular weight excluding hydrogens is 376 g/mol. The zero-order chi connectivity index (χ0) is 20.1. The van der Waals surface area contributed by atoms with Crippen LogP contribution in [0.2, 0.25) is 0 Å². The Morgan fingerprint density at radius 2 is 1.89 bits per heavy atom. The van der Waals surface area contributed by atoms with Crippen LogP contribution >= 0.6 is 11.3 Å². The maximum Gasteiger partial charge on any atom is 0.319 e. The fraction of sp³-hybridized carbons (Fsp3) is 0.250. The van der Waals surface area contributed by atoms with E-state index in [2.05, 4.69) is 20.9 Å². The number of nitrogens with zero attached hydrogens (tertiary/aromatic N) is 1. The quantitative estimate of drug-likeness (QED) is 0.576. The van der Waals surface area contributed by atoms with Crippen molar-refractivity contribution in [1.29, 1.82) is 0 Å². The molecule has 8 heteroatoms. The largest absolute Gasteiger partial charge is 0.494 e. The summed E-state index contributed by atoms with van der Waals surface area (Å²) < 4.78 is 6.20. The second-order valence-corrected chi connectivity index (χ2v) is 7.62. The third kappa shape index (κ3) is 4.77. The molecule has 7 nitrogen and oxygen atoms in total. The van der Waals surface area contributed by atoms with E-state index in [1.807, 2.05) is 26.0 Å². The SMILES string of the molecule is COc1cc(NC(=O)NCC(C)C)cc2sc(NC(=O)c3ccccc3)nc12. The van der Waals surface area contributed by atoms with Crippen molar-refractivity contribution in [3.05, 3.63) is 48.0 Å². The molecule has 3 rings (SSSR count). The first-order valence-corrected chi connectivity index (χ1v) is 9.67. The normalized spacial score (nSPS) is 10.7. The number of methoxy groups -OCH3 is 1. The van der Waals surface area contributed by atoms with E-state index in [1.54, 1.807) is 37.4 Å². The van der Waals surface area contributed by atoms with Crippen LogP contribution < -0.4 is 20.7 Å². The summed E-state index contributed by atoms with van der Waals surface area (Å²) in [7, 11) is 1.54. The van der Waals surface area contributed by atoms with Crippen LogP contribution in [0, 0.1) is 5.92 Å². The minimum absolute atomic E-state index is 0.231. The Balaban J connectivity index is 1.80. The van der Waals surface area contributed by atoms with Crippen molar-refractivity contribution in [2.45, 2.75) is 13.8 Å². The Hall–Kier alpha value is -3.13. The minimum Gasteiger partial charge on any atom is -0.494 e. The number of fused-ring (bicyclic) bond motifs is 1. The number of hydrogen-bond acceptors (Lipinski definition) is 5. The Morgan fingerprint density at radius 3 is 2.57 bits per heavy atom. The van der Waals surface area contributed by atoms with E-state index in [0.717, 1.165) is 4.70 Å². The highest BCUT2D eigenvalue weighted by Crippen LogP contribution is 2.35. The fourth-order valence-corrected chi connectivity index (χ4v) is 3.43. The molecule has 0 atom stereocenters. The summed E-state index contributed by atoms with van der Waals surface area (Å²) in [6.45, 7) is 4.64. The van der Waals surface area contributed by atoms with Gasteiger partial charge in [0.15, 0.2) is 5.13 Å². The predicted molar refractivity (Wildman–Crippen MR) is 112 cm³/mol. The van der Waals surface area contributed by atoms with E-state index < -0.39 is 0 Å². The first kappa shape index (κ1) is 19.6. The summed E-state index contributed by atoms with van der Waals surface area (Å²) in [6, 6.07) is 12.2. The molecule has 0 bridgehead atoms. The molecule has 2 aromatic carbocycles. The number of ether oxygens (including phenoxy) is 1. The van der Waals surface area contributed by atoms with Crippen LogP contribution in [0.15, 0.2) is 42.5 Å². The maximum absolute atomic E-state index is 12.3. The van der Waals surface area contributed by atoms with Crippen molar-refractivity contribution in [1.82, 2.24) is 10.3 Å². The van der Waals surface area contributed by atoms with Gasteiger partial charge in [0.1, 0.15) is 11.3 Å². The van der Waals surface area contributed by atoms with Crippen LogP contribution in [0.3, 0.4) is 0 Å². The summed E-state index contributed by atoms with van der Waals surface area (Å²) >= 11 is 1.31. The van der Waals surface area contributed by atoms with E-state index in [9.17, 15) is 9.59 Å². The number of amides is 3. The summed E-state index contributed by atoms with van der Waals surface area (Å²) in [5.74, 6) is 0.651. The molecule has 0 aliphatic carbocycles. The first-order valence-electron chi connectivity index (χ1n) is 8.86.